The monoisotopic (exact) mass is 250 g/mol. The fourth-order valence-corrected chi connectivity index (χ4v) is 2.28. The number of aromatic nitrogens is 2. The third kappa shape index (κ3) is 2.15. The van der Waals surface area contributed by atoms with Crippen LogP contribution in [0.5, 0.6) is 0 Å². The molecule has 0 aliphatic rings. The normalized spacial score (nSPS) is 10.8. The van der Waals surface area contributed by atoms with Crippen molar-refractivity contribution in [1.29, 1.82) is 0 Å². The summed E-state index contributed by atoms with van der Waals surface area (Å²) in [7, 11) is 0. The molecular weight excluding hydrogens is 236 g/mol. The summed E-state index contributed by atoms with van der Waals surface area (Å²) in [6.07, 6.45) is 0.863. The predicted octanol–water partition coefficient (Wildman–Crippen LogP) is 3.21. The topological polar surface area (TPSA) is 34.9 Å². The van der Waals surface area contributed by atoms with Gasteiger partial charge in [0.25, 0.3) is 0 Å². The zero-order valence-electron chi connectivity index (χ0n) is 10.7. The Morgan fingerprint density at radius 1 is 1.11 bits per heavy atom. The van der Waals surface area contributed by atoms with E-state index < -0.39 is 0 Å². The molecule has 0 atom stereocenters. The summed E-state index contributed by atoms with van der Waals surface area (Å²) in [5, 5.41) is 0. The predicted molar refractivity (Wildman–Crippen MR) is 75.4 cm³/mol. The molecule has 0 radical (unpaired) electrons. The van der Waals surface area contributed by atoms with Crippen LogP contribution in [0.3, 0.4) is 0 Å². The zero-order valence-corrected chi connectivity index (χ0v) is 10.7. The highest BCUT2D eigenvalue weighted by molar-refractivity contribution is 5.76. The fourth-order valence-electron chi connectivity index (χ4n) is 2.28. The zero-order chi connectivity index (χ0) is 13.2. The molecule has 3 nitrogen and oxygen atoms in total. The summed E-state index contributed by atoms with van der Waals surface area (Å²) < 4.78 is 2.19. The summed E-state index contributed by atoms with van der Waals surface area (Å²) in [5.74, 6) is 1.00. The molecule has 0 unspecified atom stereocenters. The maximum atomic E-state index is 10.6. The highest BCUT2D eigenvalue weighted by Gasteiger charge is 2.06. The molecule has 0 saturated carbocycles. The summed E-state index contributed by atoms with van der Waals surface area (Å²) in [6, 6.07) is 15.8. The van der Waals surface area contributed by atoms with Gasteiger partial charge >= 0.3 is 0 Å². The lowest BCUT2D eigenvalue weighted by atomic mass is 10.1. The van der Waals surface area contributed by atoms with Gasteiger partial charge in [0, 0.05) is 12.1 Å². The van der Waals surface area contributed by atoms with Crippen molar-refractivity contribution in [3.05, 3.63) is 65.5 Å². The average Bonchev–Trinajstić information content (AvgIpc) is 2.76. The number of carbonyl (C=O) groups is 1. The van der Waals surface area contributed by atoms with Crippen LogP contribution in [0.25, 0.3) is 11.0 Å². The van der Waals surface area contributed by atoms with Crippen molar-refractivity contribution in [3.63, 3.8) is 0 Å². The number of rotatable bonds is 3. The number of aryl methyl sites for hydroxylation is 1. The molecule has 0 aliphatic heterocycles. The van der Waals surface area contributed by atoms with Crippen LogP contribution in [0, 0.1) is 6.92 Å². The number of benzene rings is 2. The van der Waals surface area contributed by atoms with Crippen molar-refractivity contribution < 1.29 is 4.79 Å². The first-order chi connectivity index (χ1) is 9.28. The maximum absolute atomic E-state index is 10.6. The van der Waals surface area contributed by atoms with E-state index in [0.29, 0.717) is 5.56 Å². The summed E-state index contributed by atoms with van der Waals surface area (Å²) in [6.45, 7) is 2.78. The van der Waals surface area contributed by atoms with Crippen molar-refractivity contribution >= 4 is 17.3 Å². The average molecular weight is 250 g/mol. The van der Waals surface area contributed by atoms with Gasteiger partial charge < -0.3 is 4.57 Å². The van der Waals surface area contributed by atoms with Crippen LogP contribution in [0.2, 0.25) is 0 Å². The number of para-hydroxylation sites is 2. The second-order valence-electron chi connectivity index (χ2n) is 4.59. The first-order valence-electron chi connectivity index (χ1n) is 6.24. The van der Waals surface area contributed by atoms with Gasteiger partial charge in [0.05, 0.1) is 11.0 Å². The number of aldehydes is 1. The lowest BCUT2D eigenvalue weighted by molar-refractivity contribution is 0.112. The smallest absolute Gasteiger partial charge is 0.150 e. The molecule has 19 heavy (non-hydrogen) atoms. The second-order valence-corrected chi connectivity index (χ2v) is 4.59. The Bertz CT molecular complexity index is 726. The van der Waals surface area contributed by atoms with Crippen LogP contribution in [-0.4, -0.2) is 15.8 Å². The minimum absolute atomic E-state index is 0.705. The minimum Gasteiger partial charge on any atom is -0.324 e. The lowest BCUT2D eigenvalue weighted by Crippen LogP contribution is -2.01. The van der Waals surface area contributed by atoms with Gasteiger partial charge in [0.1, 0.15) is 12.1 Å². The Balaban J connectivity index is 2.00. The Labute approximate surface area is 111 Å². The fraction of sp³-hybridized carbons (Fsp3) is 0.125. The van der Waals surface area contributed by atoms with Gasteiger partial charge in [0.15, 0.2) is 0 Å². The quantitative estimate of drug-likeness (QED) is 0.669. The number of nitrogens with zero attached hydrogens (tertiary/aromatic N) is 2. The molecule has 0 amide bonds. The first-order valence-corrected chi connectivity index (χ1v) is 6.24. The molecule has 0 fully saturated rings. The maximum Gasteiger partial charge on any atom is 0.150 e. The van der Waals surface area contributed by atoms with E-state index in [0.717, 1.165) is 35.3 Å². The molecular formula is C16H14N2O. The number of carbonyl (C=O) groups excluding carboxylic acids is 1. The second kappa shape index (κ2) is 4.69. The van der Waals surface area contributed by atoms with Gasteiger partial charge in [-0.3, -0.25) is 4.79 Å². The first kappa shape index (κ1) is 11.7. The largest absolute Gasteiger partial charge is 0.324 e. The molecule has 94 valence electrons. The van der Waals surface area contributed by atoms with Gasteiger partial charge in [-0.1, -0.05) is 36.4 Å². The van der Waals surface area contributed by atoms with E-state index in [2.05, 4.69) is 15.6 Å². The molecule has 3 heteroatoms. The van der Waals surface area contributed by atoms with E-state index >= 15 is 0 Å². The van der Waals surface area contributed by atoms with E-state index in [1.807, 2.05) is 49.4 Å². The van der Waals surface area contributed by atoms with Crippen molar-refractivity contribution in [3.8, 4) is 0 Å². The third-order valence-corrected chi connectivity index (χ3v) is 3.30. The highest BCUT2D eigenvalue weighted by Crippen LogP contribution is 2.17. The van der Waals surface area contributed by atoms with Crippen LogP contribution >= 0.6 is 0 Å². The van der Waals surface area contributed by atoms with E-state index in [9.17, 15) is 4.79 Å². The highest BCUT2D eigenvalue weighted by atomic mass is 16.1. The van der Waals surface area contributed by atoms with Gasteiger partial charge in [-0.25, -0.2) is 4.98 Å². The van der Waals surface area contributed by atoms with Crippen molar-refractivity contribution in [2.24, 2.45) is 0 Å². The van der Waals surface area contributed by atoms with Crippen molar-refractivity contribution in [2.75, 3.05) is 0 Å². The van der Waals surface area contributed by atoms with Crippen LogP contribution in [0.4, 0.5) is 0 Å². The van der Waals surface area contributed by atoms with Gasteiger partial charge in [-0.15, -0.1) is 0 Å². The summed E-state index contributed by atoms with van der Waals surface area (Å²) in [5.41, 5.74) is 4.02. The van der Waals surface area contributed by atoms with Crippen LogP contribution in [-0.2, 0) is 6.54 Å². The molecule has 0 saturated heterocycles. The molecule has 0 spiro atoms. The molecule has 0 bridgehead atoms. The number of hydrogen-bond acceptors (Lipinski definition) is 2. The Kier molecular flexibility index (Phi) is 2.88. The van der Waals surface area contributed by atoms with Crippen molar-refractivity contribution in [2.45, 2.75) is 13.5 Å². The minimum atomic E-state index is 0.705. The molecule has 1 heterocycles. The number of fused-ring (bicyclic) bond motifs is 1. The number of hydrogen-bond donors (Lipinski definition) is 0. The van der Waals surface area contributed by atoms with Crippen molar-refractivity contribution in [1.82, 2.24) is 9.55 Å². The van der Waals surface area contributed by atoms with Crippen LogP contribution in [0.15, 0.2) is 48.5 Å². The molecule has 2 aromatic carbocycles. The van der Waals surface area contributed by atoms with Gasteiger partial charge in [-0.05, 0) is 24.6 Å². The van der Waals surface area contributed by atoms with E-state index in [1.54, 1.807) is 0 Å². The third-order valence-electron chi connectivity index (χ3n) is 3.30. The summed E-state index contributed by atoms with van der Waals surface area (Å²) in [4.78, 5) is 15.2. The van der Waals surface area contributed by atoms with E-state index in [1.165, 1.54) is 0 Å². The molecule has 3 aromatic rings. The van der Waals surface area contributed by atoms with Crippen LogP contribution < -0.4 is 0 Å². The summed E-state index contributed by atoms with van der Waals surface area (Å²) >= 11 is 0. The molecule has 3 rings (SSSR count). The SMILES string of the molecule is Cc1nc2ccccc2n1Cc1ccc(C=O)cc1. The Morgan fingerprint density at radius 3 is 2.58 bits per heavy atom. The molecule has 1 aromatic heterocycles. The number of imidazole rings is 1. The van der Waals surface area contributed by atoms with E-state index in [4.69, 9.17) is 0 Å². The van der Waals surface area contributed by atoms with Gasteiger partial charge in [0.2, 0.25) is 0 Å². The van der Waals surface area contributed by atoms with Crippen LogP contribution in [0.1, 0.15) is 21.7 Å². The molecule has 0 aliphatic carbocycles. The standard InChI is InChI=1S/C16H14N2O/c1-12-17-15-4-2-3-5-16(15)18(12)10-13-6-8-14(11-19)9-7-13/h2-9,11H,10H2,1H3. The Morgan fingerprint density at radius 2 is 1.84 bits per heavy atom. The Hall–Kier alpha value is -2.42. The van der Waals surface area contributed by atoms with Gasteiger partial charge in [-0.2, -0.15) is 0 Å². The lowest BCUT2D eigenvalue weighted by Gasteiger charge is -2.07. The van der Waals surface area contributed by atoms with E-state index in [-0.39, 0.29) is 0 Å². The molecule has 0 N–H and O–H groups in total.